The van der Waals surface area contributed by atoms with Crippen LogP contribution in [0.5, 0.6) is 0 Å². The van der Waals surface area contributed by atoms with E-state index in [9.17, 15) is 19.8 Å². The lowest BCUT2D eigenvalue weighted by Gasteiger charge is -2.51. The molecule has 9 heteroatoms. The molecule has 0 aromatic carbocycles. The number of hydrogen-bond acceptors (Lipinski definition) is 4. The van der Waals surface area contributed by atoms with Gasteiger partial charge >= 0.3 is 5.97 Å². The van der Waals surface area contributed by atoms with Gasteiger partial charge in [-0.05, 0) is 43.3 Å². The Morgan fingerprint density at radius 1 is 1.33 bits per heavy atom. The highest BCUT2D eigenvalue weighted by atomic mass is 127. The molecule has 4 unspecified atom stereocenters. The van der Waals surface area contributed by atoms with Gasteiger partial charge in [-0.3, -0.25) is 4.79 Å². The largest absolute Gasteiger partial charge is 0.479 e. The van der Waals surface area contributed by atoms with Crippen molar-refractivity contribution in [1.29, 1.82) is 0 Å². The van der Waals surface area contributed by atoms with E-state index < -0.39 is 43.4 Å². The first-order valence-corrected chi connectivity index (χ1v) is 15.8. The molecule has 1 saturated carbocycles. The van der Waals surface area contributed by atoms with Gasteiger partial charge in [0.25, 0.3) is 0 Å². The predicted octanol–water partition coefficient (Wildman–Crippen LogP) is 4.32. The van der Waals surface area contributed by atoms with Gasteiger partial charge in [-0.25, -0.2) is 4.79 Å². The van der Waals surface area contributed by atoms with Gasteiger partial charge in [0, 0.05) is 10.3 Å². The average molecular weight is 574 g/mol. The normalized spacial score (nSPS) is 32.1. The average Bonchev–Trinajstić information content (AvgIpc) is 2.89. The number of amides is 1. The Labute approximate surface area is 200 Å². The molecule has 2 aliphatic rings. The number of carboxylic acids is 1. The lowest BCUT2D eigenvalue weighted by atomic mass is 9.67. The first-order valence-electron chi connectivity index (χ1n) is 10.9. The number of aliphatic hydroxyl groups is 1. The molecule has 2 fully saturated rings. The fourth-order valence-corrected chi connectivity index (χ4v) is 7.41. The Morgan fingerprint density at radius 2 is 1.90 bits per heavy atom. The SMILES string of the molecule is CC(C)(C)[Si](C)(C)OC(C1CCCCC1)C1(C(=O)O)NC(=O)C(CCCl)C1(O)CI. The molecular weight excluding hydrogens is 537 g/mol. The van der Waals surface area contributed by atoms with Crippen molar-refractivity contribution in [2.75, 3.05) is 10.3 Å². The number of rotatable bonds is 8. The summed E-state index contributed by atoms with van der Waals surface area (Å²) in [5, 5.41) is 25.0. The monoisotopic (exact) mass is 573 g/mol. The summed E-state index contributed by atoms with van der Waals surface area (Å²) in [5.41, 5.74) is -3.67. The van der Waals surface area contributed by atoms with E-state index in [1.54, 1.807) is 0 Å². The van der Waals surface area contributed by atoms with Crippen LogP contribution < -0.4 is 5.32 Å². The number of aliphatic carboxylic acids is 1. The van der Waals surface area contributed by atoms with Crippen LogP contribution in [0.25, 0.3) is 0 Å². The maximum absolute atomic E-state index is 13.0. The fraction of sp³-hybridized carbons (Fsp3) is 0.905. The molecule has 1 saturated heterocycles. The van der Waals surface area contributed by atoms with E-state index in [1.165, 1.54) is 0 Å². The molecule has 1 aliphatic carbocycles. The second-order valence-electron chi connectivity index (χ2n) is 10.4. The fourth-order valence-electron chi connectivity index (χ4n) is 4.71. The summed E-state index contributed by atoms with van der Waals surface area (Å²) in [7, 11) is -2.40. The summed E-state index contributed by atoms with van der Waals surface area (Å²) in [6.07, 6.45) is 4.21. The third kappa shape index (κ3) is 4.45. The van der Waals surface area contributed by atoms with Gasteiger partial charge in [0.2, 0.25) is 5.91 Å². The van der Waals surface area contributed by atoms with Crippen molar-refractivity contribution < 1.29 is 24.2 Å². The molecule has 0 bridgehead atoms. The van der Waals surface area contributed by atoms with E-state index in [4.69, 9.17) is 16.0 Å². The van der Waals surface area contributed by atoms with E-state index in [2.05, 4.69) is 39.2 Å². The van der Waals surface area contributed by atoms with E-state index in [-0.39, 0.29) is 27.7 Å². The second-order valence-corrected chi connectivity index (χ2v) is 16.3. The highest BCUT2D eigenvalue weighted by molar-refractivity contribution is 14.1. The van der Waals surface area contributed by atoms with Gasteiger partial charge in [0.15, 0.2) is 13.9 Å². The Hall–Kier alpha value is 0.0969. The third-order valence-electron chi connectivity index (χ3n) is 7.57. The molecular formula is C21H37ClINO5Si. The second kappa shape index (κ2) is 9.53. The molecule has 0 spiro atoms. The number of hydrogen-bond donors (Lipinski definition) is 3. The molecule has 6 nitrogen and oxygen atoms in total. The number of alkyl halides is 2. The summed E-state index contributed by atoms with van der Waals surface area (Å²) in [6, 6.07) is 0. The van der Waals surface area contributed by atoms with Crippen molar-refractivity contribution in [1.82, 2.24) is 5.32 Å². The van der Waals surface area contributed by atoms with Gasteiger partial charge in [-0.2, -0.15) is 0 Å². The van der Waals surface area contributed by atoms with E-state index in [0.717, 1.165) is 32.1 Å². The zero-order valence-corrected chi connectivity index (χ0v) is 22.7. The number of halogens is 2. The predicted molar refractivity (Wildman–Crippen MR) is 130 cm³/mol. The van der Waals surface area contributed by atoms with Crippen LogP contribution in [0.1, 0.15) is 59.3 Å². The third-order valence-corrected chi connectivity index (χ3v) is 13.4. The number of nitrogens with one attached hydrogen (secondary N) is 1. The molecule has 2 rings (SSSR count). The topological polar surface area (TPSA) is 95.9 Å². The van der Waals surface area contributed by atoms with Crippen LogP contribution in [0.2, 0.25) is 18.1 Å². The van der Waals surface area contributed by atoms with Crippen molar-refractivity contribution in [3.8, 4) is 0 Å². The van der Waals surface area contributed by atoms with Gasteiger partial charge < -0.3 is 20.0 Å². The summed E-state index contributed by atoms with van der Waals surface area (Å²) < 4.78 is 6.91. The molecule has 0 radical (unpaired) electrons. The number of carbonyl (C=O) groups is 2. The zero-order chi connectivity index (χ0) is 23.0. The molecule has 4 atom stereocenters. The summed E-state index contributed by atoms with van der Waals surface area (Å²) in [5.74, 6) is -2.41. The van der Waals surface area contributed by atoms with Gasteiger partial charge in [-0.1, -0.05) is 62.6 Å². The van der Waals surface area contributed by atoms with Crippen LogP contribution >= 0.6 is 34.2 Å². The highest BCUT2D eigenvalue weighted by Crippen LogP contribution is 2.49. The van der Waals surface area contributed by atoms with E-state index in [1.807, 2.05) is 22.6 Å². The van der Waals surface area contributed by atoms with Crippen LogP contribution in [0, 0.1) is 11.8 Å². The zero-order valence-electron chi connectivity index (χ0n) is 18.8. The number of carbonyl (C=O) groups excluding carboxylic acids is 1. The molecule has 1 heterocycles. The summed E-state index contributed by atoms with van der Waals surface area (Å²) in [4.78, 5) is 25.9. The van der Waals surface area contributed by atoms with Crippen LogP contribution in [-0.4, -0.2) is 58.0 Å². The maximum Gasteiger partial charge on any atom is 0.335 e. The molecule has 1 amide bonds. The van der Waals surface area contributed by atoms with Crippen LogP contribution in [0.4, 0.5) is 0 Å². The minimum absolute atomic E-state index is 0.0338. The molecule has 30 heavy (non-hydrogen) atoms. The summed E-state index contributed by atoms with van der Waals surface area (Å²) >= 11 is 7.93. The molecule has 3 N–H and O–H groups in total. The minimum atomic E-state index is -2.40. The standard InChI is InChI=1S/C21H37ClINO5Si/c1-19(2,3)30(4,5)29-16(14-9-7-6-8-10-14)21(18(26)27)20(28,13-23)15(11-12-22)17(25)24-21/h14-16,28H,6-13H2,1-5H3,(H,24,25)(H,26,27). The van der Waals surface area contributed by atoms with Crippen molar-refractivity contribution in [2.24, 2.45) is 11.8 Å². The first kappa shape index (κ1) is 26.4. The quantitative estimate of drug-likeness (QED) is 0.228. The van der Waals surface area contributed by atoms with Crippen molar-refractivity contribution in [3.63, 3.8) is 0 Å². The molecule has 1 aliphatic heterocycles. The Bertz CT molecular complexity index is 652. The van der Waals surface area contributed by atoms with Gasteiger partial charge in [0.1, 0.15) is 5.60 Å². The minimum Gasteiger partial charge on any atom is -0.479 e. The molecule has 0 aromatic rings. The van der Waals surface area contributed by atoms with Crippen LogP contribution in [-0.2, 0) is 14.0 Å². The Morgan fingerprint density at radius 3 is 2.33 bits per heavy atom. The Kier molecular flexibility index (Phi) is 8.37. The van der Waals surface area contributed by atoms with E-state index >= 15 is 0 Å². The van der Waals surface area contributed by atoms with Crippen LogP contribution in [0.15, 0.2) is 0 Å². The van der Waals surface area contributed by atoms with Crippen molar-refractivity contribution >= 4 is 54.4 Å². The Balaban J connectivity index is 2.66. The molecule has 0 aromatic heterocycles. The maximum atomic E-state index is 13.0. The first-order chi connectivity index (χ1) is 13.8. The van der Waals surface area contributed by atoms with Gasteiger partial charge in [0.05, 0.1) is 12.0 Å². The van der Waals surface area contributed by atoms with Crippen LogP contribution in [0.3, 0.4) is 0 Å². The summed E-state index contributed by atoms with van der Waals surface area (Å²) in [6.45, 7) is 10.5. The van der Waals surface area contributed by atoms with E-state index in [0.29, 0.717) is 0 Å². The van der Waals surface area contributed by atoms with Crippen molar-refractivity contribution in [3.05, 3.63) is 0 Å². The number of carboxylic acid groups (broad SMARTS) is 1. The molecule has 174 valence electrons. The van der Waals surface area contributed by atoms with Crippen molar-refractivity contribution in [2.45, 2.75) is 94.7 Å². The van der Waals surface area contributed by atoms with Gasteiger partial charge in [-0.15, -0.1) is 11.6 Å². The lowest BCUT2D eigenvalue weighted by molar-refractivity contribution is -0.169. The highest BCUT2D eigenvalue weighted by Gasteiger charge is 2.72. The smallest absolute Gasteiger partial charge is 0.335 e. The lowest BCUT2D eigenvalue weighted by Crippen LogP contribution is -2.74.